The molecule has 0 aromatic heterocycles. The lowest BCUT2D eigenvalue weighted by molar-refractivity contribution is 0.00272. The Hall–Kier alpha value is -2.32. The molecule has 0 spiro atoms. The van der Waals surface area contributed by atoms with Crippen molar-refractivity contribution in [3.05, 3.63) is 65.5 Å². The van der Waals surface area contributed by atoms with Crippen LogP contribution in [0.3, 0.4) is 0 Å². The Morgan fingerprint density at radius 2 is 1.48 bits per heavy atom. The summed E-state index contributed by atoms with van der Waals surface area (Å²) in [5.74, 6) is -0.0158. The Balaban J connectivity index is 1.31. The molecule has 2 saturated heterocycles. The zero-order chi connectivity index (χ0) is 23.2. The van der Waals surface area contributed by atoms with Gasteiger partial charge in [0.25, 0.3) is 0 Å². The lowest BCUT2D eigenvalue weighted by atomic mass is 9.98. The predicted octanol–water partition coefficient (Wildman–Crippen LogP) is 3.04. The first kappa shape index (κ1) is 23.8. The molecule has 4 rings (SSSR count). The molecule has 0 bridgehead atoms. The van der Waals surface area contributed by atoms with Crippen molar-refractivity contribution in [2.24, 2.45) is 5.92 Å². The van der Waals surface area contributed by atoms with Crippen molar-refractivity contribution in [1.29, 1.82) is 0 Å². The number of Topliss-reactive ketones (excluding diaryl/α,β-unsaturated/α-hetero) is 1. The van der Waals surface area contributed by atoms with Crippen molar-refractivity contribution >= 4 is 5.78 Å². The number of carbonyl (C=O) groups is 1. The molecule has 2 atom stereocenters. The van der Waals surface area contributed by atoms with Crippen molar-refractivity contribution < 1.29 is 19.0 Å². The van der Waals surface area contributed by atoms with E-state index in [-0.39, 0.29) is 29.3 Å². The number of morpholine rings is 1. The van der Waals surface area contributed by atoms with Gasteiger partial charge in [-0.1, -0.05) is 19.1 Å². The largest absolute Gasteiger partial charge is 0.508 e. The normalized spacial score (nSPS) is 20.4. The summed E-state index contributed by atoms with van der Waals surface area (Å²) in [4.78, 5) is 20.0. The molecular formula is C26H34FN3O3. The van der Waals surface area contributed by atoms with E-state index in [1.807, 2.05) is 19.1 Å². The zero-order valence-electron chi connectivity index (χ0n) is 19.3. The van der Waals surface area contributed by atoms with E-state index in [9.17, 15) is 14.3 Å². The summed E-state index contributed by atoms with van der Waals surface area (Å²) in [5.41, 5.74) is 1.79. The highest BCUT2D eigenvalue weighted by Crippen LogP contribution is 2.24. The van der Waals surface area contributed by atoms with Gasteiger partial charge in [0.1, 0.15) is 11.6 Å². The number of piperazine rings is 1. The number of phenols is 1. The molecular weight excluding hydrogens is 421 g/mol. The number of ether oxygens (including phenoxy) is 1. The Bertz CT molecular complexity index is 892. The smallest absolute Gasteiger partial charge is 0.166 e. The number of hydrogen-bond donors (Lipinski definition) is 1. The SMILES string of the molecule is C[C@@H](CN1CCN(C[C@H](c2ccc(F)cc2)N2CCOCC2)CC1)C(=O)c1ccc(O)cc1. The summed E-state index contributed by atoms with van der Waals surface area (Å²) in [6.45, 7) is 10.6. The van der Waals surface area contributed by atoms with Crippen molar-refractivity contribution in [1.82, 2.24) is 14.7 Å². The van der Waals surface area contributed by atoms with Crippen LogP contribution in [0, 0.1) is 11.7 Å². The van der Waals surface area contributed by atoms with Crippen molar-refractivity contribution in [3.63, 3.8) is 0 Å². The molecule has 2 aliphatic rings. The Labute approximate surface area is 195 Å². The van der Waals surface area contributed by atoms with Gasteiger partial charge in [-0.25, -0.2) is 4.39 Å². The number of hydrogen-bond acceptors (Lipinski definition) is 6. The molecule has 0 saturated carbocycles. The molecule has 178 valence electrons. The minimum Gasteiger partial charge on any atom is -0.508 e. The second-order valence-corrected chi connectivity index (χ2v) is 9.13. The molecule has 2 heterocycles. The van der Waals surface area contributed by atoms with Gasteiger partial charge in [-0.05, 0) is 42.0 Å². The molecule has 7 heteroatoms. The van der Waals surface area contributed by atoms with E-state index >= 15 is 0 Å². The van der Waals surface area contributed by atoms with Gasteiger partial charge in [-0.15, -0.1) is 0 Å². The van der Waals surface area contributed by atoms with Crippen LogP contribution in [-0.4, -0.2) is 91.2 Å². The second-order valence-electron chi connectivity index (χ2n) is 9.13. The maximum Gasteiger partial charge on any atom is 0.166 e. The fraction of sp³-hybridized carbons (Fsp3) is 0.500. The number of nitrogens with zero attached hydrogens (tertiary/aromatic N) is 3. The predicted molar refractivity (Wildman–Crippen MR) is 126 cm³/mol. The molecule has 0 amide bonds. The maximum absolute atomic E-state index is 13.5. The molecule has 6 nitrogen and oxygen atoms in total. The quantitative estimate of drug-likeness (QED) is 0.618. The Morgan fingerprint density at radius 1 is 0.909 bits per heavy atom. The van der Waals surface area contributed by atoms with Gasteiger partial charge in [0.15, 0.2) is 5.78 Å². The van der Waals surface area contributed by atoms with Gasteiger partial charge < -0.3 is 14.7 Å². The molecule has 1 N–H and O–H groups in total. The van der Waals surface area contributed by atoms with Gasteiger partial charge in [-0.3, -0.25) is 14.6 Å². The van der Waals surface area contributed by atoms with Crippen molar-refractivity contribution in [2.75, 3.05) is 65.6 Å². The molecule has 2 fully saturated rings. The van der Waals surface area contributed by atoms with Gasteiger partial charge in [0.05, 0.1) is 13.2 Å². The van der Waals surface area contributed by atoms with Crippen LogP contribution >= 0.6 is 0 Å². The summed E-state index contributed by atoms with van der Waals surface area (Å²) in [5, 5.41) is 9.44. The summed E-state index contributed by atoms with van der Waals surface area (Å²) >= 11 is 0. The number of aromatic hydroxyl groups is 1. The Kier molecular flexibility index (Phi) is 8.09. The number of halogens is 1. The fourth-order valence-electron chi connectivity index (χ4n) is 4.79. The molecule has 0 radical (unpaired) electrons. The van der Waals surface area contributed by atoms with E-state index < -0.39 is 0 Å². The van der Waals surface area contributed by atoms with Crippen LogP contribution in [-0.2, 0) is 4.74 Å². The van der Waals surface area contributed by atoms with Crippen LogP contribution in [0.1, 0.15) is 28.9 Å². The zero-order valence-corrected chi connectivity index (χ0v) is 19.3. The third-order valence-corrected chi connectivity index (χ3v) is 6.77. The van der Waals surface area contributed by atoms with E-state index in [0.717, 1.165) is 71.1 Å². The number of benzene rings is 2. The first-order chi connectivity index (χ1) is 16.0. The maximum atomic E-state index is 13.5. The highest BCUT2D eigenvalue weighted by molar-refractivity contribution is 5.97. The number of rotatable bonds is 8. The summed E-state index contributed by atoms with van der Waals surface area (Å²) < 4.78 is 19.0. The van der Waals surface area contributed by atoms with E-state index in [0.29, 0.717) is 5.56 Å². The van der Waals surface area contributed by atoms with Crippen molar-refractivity contribution in [3.8, 4) is 5.75 Å². The standard InChI is InChI=1S/C26H34FN3O3/c1-20(26(32)22-4-8-24(31)9-5-22)18-28-10-12-29(13-11-28)19-25(30-14-16-33-17-15-30)21-2-6-23(27)7-3-21/h2-9,20,25,31H,10-19H2,1H3/t20-,25+/m0/s1. The molecule has 0 aliphatic carbocycles. The second kappa shape index (κ2) is 11.2. The molecule has 33 heavy (non-hydrogen) atoms. The summed E-state index contributed by atoms with van der Waals surface area (Å²) in [6.07, 6.45) is 0. The lowest BCUT2D eigenvalue weighted by Crippen LogP contribution is -2.51. The summed E-state index contributed by atoms with van der Waals surface area (Å²) in [7, 11) is 0. The first-order valence-electron chi connectivity index (χ1n) is 11.8. The highest BCUT2D eigenvalue weighted by Gasteiger charge is 2.28. The van der Waals surface area contributed by atoms with Crippen LogP contribution in [0.5, 0.6) is 5.75 Å². The number of ketones is 1. The van der Waals surface area contributed by atoms with Crippen LogP contribution in [0.25, 0.3) is 0 Å². The molecule has 2 aromatic carbocycles. The summed E-state index contributed by atoms with van der Waals surface area (Å²) in [6, 6.07) is 13.6. The topological polar surface area (TPSA) is 56.2 Å². The van der Waals surface area contributed by atoms with E-state index in [1.54, 1.807) is 36.4 Å². The van der Waals surface area contributed by atoms with E-state index in [2.05, 4.69) is 14.7 Å². The highest BCUT2D eigenvalue weighted by atomic mass is 19.1. The van der Waals surface area contributed by atoms with Gasteiger partial charge >= 0.3 is 0 Å². The van der Waals surface area contributed by atoms with Gasteiger partial charge in [0.2, 0.25) is 0 Å². The monoisotopic (exact) mass is 455 g/mol. The van der Waals surface area contributed by atoms with Crippen LogP contribution < -0.4 is 0 Å². The molecule has 0 unspecified atom stereocenters. The number of carbonyl (C=O) groups excluding carboxylic acids is 1. The van der Waals surface area contributed by atoms with Gasteiger partial charge in [-0.2, -0.15) is 0 Å². The molecule has 2 aromatic rings. The van der Waals surface area contributed by atoms with Gasteiger partial charge in [0, 0.05) is 69.9 Å². The van der Waals surface area contributed by atoms with Crippen LogP contribution in [0.15, 0.2) is 48.5 Å². The first-order valence-corrected chi connectivity index (χ1v) is 11.8. The van der Waals surface area contributed by atoms with Crippen molar-refractivity contribution in [2.45, 2.75) is 13.0 Å². The van der Waals surface area contributed by atoms with E-state index in [1.165, 1.54) is 0 Å². The minimum atomic E-state index is -0.205. The van der Waals surface area contributed by atoms with E-state index in [4.69, 9.17) is 4.74 Å². The van der Waals surface area contributed by atoms with Crippen LogP contribution in [0.4, 0.5) is 4.39 Å². The molecule has 2 aliphatic heterocycles. The lowest BCUT2D eigenvalue weighted by Gasteiger charge is -2.41. The fourth-order valence-corrected chi connectivity index (χ4v) is 4.79. The number of phenolic OH excluding ortho intramolecular Hbond substituents is 1. The van der Waals surface area contributed by atoms with Crippen LogP contribution in [0.2, 0.25) is 0 Å². The third-order valence-electron chi connectivity index (χ3n) is 6.77. The third kappa shape index (κ3) is 6.38. The minimum absolute atomic E-state index is 0.0959. The average molecular weight is 456 g/mol. The Morgan fingerprint density at radius 3 is 2.09 bits per heavy atom. The average Bonchev–Trinajstić information content (AvgIpc) is 2.85.